The van der Waals surface area contributed by atoms with Crippen molar-refractivity contribution < 1.29 is 14.3 Å². The first-order valence-corrected chi connectivity index (χ1v) is 8.13. The molecule has 2 N–H and O–H groups in total. The number of hydrogen-bond acceptors (Lipinski definition) is 3. The minimum atomic E-state index is -0.0837. The van der Waals surface area contributed by atoms with E-state index in [0.717, 1.165) is 22.1 Å². The summed E-state index contributed by atoms with van der Waals surface area (Å²) in [5.41, 5.74) is 1.08. The summed E-state index contributed by atoms with van der Waals surface area (Å²) in [6, 6.07) is 12.0. The standard InChI is InChI=1S/C19H24N2O3/c1-4-19(23)21-12-15(11-20-13(2)22)17-7-5-6-14-8-9-16(24-3)10-18(14)17/h5-10,15H,4,11-12H2,1-3H3,(H,20,22)(H,21,23)/t15-/m1/s1. The molecule has 24 heavy (non-hydrogen) atoms. The lowest BCUT2D eigenvalue weighted by Gasteiger charge is -2.20. The van der Waals surface area contributed by atoms with Crippen molar-refractivity contribution in [3.63, 3.8) is 0 Å². The van der Waals surface area contributed by atoms with Crippen molar-refractivity contribution in [2.75, 3.05) is 20.2 Å². The number of ether oxygens (including phenoxy) is 1. The maximum Gasteiger partial charge on any atom is 0.219 e. The zero-order chi connectivity index (χ0) is 17.5. The summed E-state index contributed by atoms with van der Waals surface area (Å²) < 4.78 is 5.33. The van der Waals surface area contributed by atoms with E-state index in [1.807, 2.05) is 43.3 Å². The highest BCUT2D eigenvalue weighted by molar-refractivity contribution is 5.87. The van der Waals surface area contributed by atoms with Crippen LogP contribution >= 0.6 is 0 Å². The first-order chi connectivity index (χ1) is 11.5. The van der Waals surface area contributed by atoms with Gasteiger partial charge in [-0.25, -0.2) is 0 Å². The Balaban J connectivity index is 2.37. The van der Waals surface area contributed by atoms with Gasteiger partial charge in [0.05, 0.1) is 7.11 Å². The number of rotatable bonds is 7. The highest BCUT2D eigenvalue weighted by atomic mass is 16.5. The summed E-state index contributed by atoms with van der Waals surface area (Å²) in [5, 5.41) is 7.95. The van der Waals surface area contributed by atoms with Gasteiger partial charge in [-0.2, -0.15) is 0 Å². The third-order valence-corrected chi connectivity index (χ3v) is 4.03. The van der Waals surface area contributed by atoms with Gasteiger partial charge in [-0.1, -0.05) is 31.2 Å². The second-order valence-corrected chi connectivity index (χ2v) is 5.73. The monoisotopic (exact) mass is 328 g/mol. The van der Waals surface area contributed by atoms with Crippen molar-refractivity contribution in [3.8, 4) is 5.75 Å². The fourth-order valence-corrected chi connectivity index (χ4v) is 2.68. The molecule has 0 fully saturated rings. The summed E-state index contributed by atoms with van der Waals surface area (Å²) in [6.07, 6.45) is 0.441. The van der Waals surface area contributed by atoms with Crippen molar-refractivity contribution in [1.82, 2.24) is 10.6 Å². The van der Waals surface area contributed by atoms with E-state index in [-0.39, 0.29) is 17.7 Å². The predicted molar refractivity (Wildman–Crippen MR) is 95.2 cm³/mol. The minimum absolute atomic E-state index is 0.000595. The van der Waals surface area contributed by atoms with Gasteiger partial charge in [0.25, 0.3) is 0 Å². The molecule has 5 nitrogen and oxygen atoms in total. The largest absolute Gasteiger partial charge is 0.497 e. The molecular formula is C19H24N2O3. The van der Waals surface area contributed by atoms with E-state index in [9.17, 15) is 9.59 Å². The molecule has 0 aliphatic rings. The van der Waals surface area contributed by atoms with Crippen molar-refractivity contribution in [1.29, 1.82) is 0 Å². The second-order valence-electron chi connectivity index (χ2n) is 5.73. The molecule has 5 heteroatoms. The van der Waals surface area contributed by atoms with E-state index >= 15 is 0 Å². The number of methoxy groups -OCH3 is 1. The molecule has 2 amide bonds. The first-order valence-electron chi connectivity index (χ1n) is 8.13. The van der Waals surface area contributed by atoms with Crippen LogP contribution in [0.5, 0.6) is 5.75 Å². The van der Waals surface area contributed by atoms with E-state index in [4.69, 9.17) is 4.74 Å². The zero-order valence-electron chi connectivity index (χ0n) is 14.4. The quantitative estimate of drug-likeness (QED) is 0.821. The summed E-state index contributed by atoms with van der Waals surface area (Å²) in [4.78, 5) is 23.0. The minimum Gasteiger partial charge on any atom is -0.497 e. The Morgan fingerprint density at radius 1 is 1.12 bits per heavy atom. The van der Waals surface area contributed by atoms with Gasteiger partial charge in [0.15, 0.2) is 0 Å². The van der Waals surface area contributed by atoms with Crippen molar-refractivity contribution in [2.24, 2.45) is 0 Å². The van der Waals surface area contributed by atoms with Gasteiger partial charge in [-0.3, -0.25) is 9.59 Å². The smallest absolute Gasteiger partial charge is 0.219 e. The van der Waals surface area contributed by atoms with E-state index in [0.29, 0.717) is 19.5 Å². The van der Waals surface area contributed by atoms with Crippen LogP contribution in [0.3, 0.4) is 0 Å². The predicted octanol–water partition coefficient (Wildman–Crippen LogP) is 2.59. The highest BCUT2D eigenvalue weighted by Crippen LogP contribution is 2.28. The van der Waals surface area contributed by atoms with Gasteiger partial charge in [0, 0.05) is 32.4 Å². The second kappa shape index (κ2) is 8.34. The molecule has 0 aromatic heterocycles. The first kappa shape index (κ1) is 17.8. The van der Waals surface area contributed by atoms with Gasteiger partial charge in [-0.15, -0.1) is 0 Å². The number of fused-ring (bicyclic) bond motifs is 1. The van der Waals surface area contributed by atoms with Gasteiger partial charge in [-0.05, 0) is 28.5 Å². The van der Waals surface area contributed by atoms with Crippen LogP contribution in [-0.2, 0) is 9.59 Å². The van der Waals surface area contributed by atoms with Crippen molar-refractivity contribution >= 4 is 22.6 Å². The Morgan fingerprint density at radius 3 is 2.54 bits per heavy atom. The number of carbonyl (C=O) groups excluding carboxylic acids is 2. The molecule has 0 aliphatic carbocycles. The molecule has 0 aliphatic heterocycles. The Morgan fingerprint density at radius 2 is 1.88 bits per heavy atom. The average Bonchev–Trinajstić information content (AvgIpc) is 2.60. The summed E-state index contributed by atoms with van der Waals surface area (Å²) in [6.45, 7) is 4.26. The lowest BCUT2D eigenvalue weighted by Crippen LogP contribution is -2.34. The number of benzene rings is 2. The summed E-state index contributed by atoms with van der Waals surface area (Å²) >= 11 is 0. The maximum absolute atomic E-state index is 11.6. The van der Waals surface area contributed by atoms with Crippen LogP contribution < -0.4 is 15.4 Å². The van der Waals surface area contributed by atoms with Crippen LogP contribution in [0.2, 0.25) is 0 Å². The molecule has 128 valence electrons. The molecule has 0 unspecified atom stereocenters. The van der Waals surface area contributed by atoms with Crippen LogP contribution in [0.15, 0.2) is 36.4 Å². The topological polar surface area (TPSA) is 67.4 Å². The fraction of sp³-hybridized carbons (Fsp3) is 0.368. The van der Waals surface area contributed by atoms with Crippen molar-refractivity contribution in [3.05, 3.63) is 42.0 Å². The summed E-state index contributed by atoms with van der Waals surface area (Å²) in [7, 11) is 1.64. The average molecular weight is 328 g/mol. The molecule has 2 aromatic rings. The molecule has 0 heterocycles. The summed E-state index contributed by atoms with van der Waals surface area (Å²) in [5.74, 6) is 0.686. The lowest BCUT2D eigenvalue weighted by molar-refractivity contribution is -0.120. The van der Waals surface area contributed by atoms with Gasteiger partial charge in [0.2, 0.25) is 11.8 Å². The molecule has 1 atom stereocenters. The molecule has 0 saturated heterocycles. The van der Waals surface area contributed by atoms with E-state index < -0.39 is 0 Å². The Bertz CT molecular complexity index is 728. The SMILES string of the molecule is CCC(=O)NC[C@@H](CNC(C)=O)c1cccc2ccc(OC)cc12. The third-order valence-electron chi connectivity index (χ3n) is 4.03. The molecule has 0 spiro atoms. The van der Waals surface area contributed by atoms with Crippen LogP contribution in [0, 0.1) is 0 Å². The number of amides is 2. The van der Waals surface area contributed by atoms with Gasteiger partial charge < -0.3 is 15.4 Å². The number of carbonyl (C=O) groups is 2. The molecule has 0 saturated carbocycles. The van der Waals surface area contributed by atoms with Crippen molar-refractivity contribution in [2.45, 2.75) is 26.2 Å². The normalized spacial score (nSPS) is 11.8. The molecule has 2 rings (SSSR count). The molecule has 2 aromatic carbocycles. The van der Waals surface area contributed by atoms with Crippen LogP contribution in [0.25, 0.3) is 10.8 Å². The van der Waals surface area contributed by atoms with Gasteiger partial charge >= 0.3 is 0 Å². The van der Waals surface area contributed by atoms with E-state index in [1.54, 1.807) is 7.11 Å². The molecule has 0 bridgehead atoms. The van der Waals surface area contributed by atoms with Crippen LogP contribution in [0.1, 0.15) is 31.7 Å². The maximum atomic E-state index is 11.6. The van der Waals surface area contributed by atoms with Crippen LogP contribution in [0.4, 0.5) is 0 Å². The number of hydrogen-bond donors (Lipinski definition) is 2. The lowest BCUT2D eigenvalue weighted by atomic mass is 9.93. The number of nitrogens with one attached hydrogen (secondary N) is 2. The molecular weight excluding hydrogens is 304 g/mol. The Labute approximate surface area is 142 Å². The Hall–Kier alpha value is -2.56. The van der Waals surface area contributed by atoms with Crippen LogP contribution in [-0.4, -0.2) is 32.0 Å². The van der Waals surface area contributed by atoms with Gasteiger partial charge in [0.1, 0.15) is 5.75 Å². The zero-order valence-corrected chi connectivity index (χ0v) is 14.4. The third kappa shape index (κ3) is 4.47. The highest BCUT2D eigenvalue weighted by Gasteiger charge is 2.16. The van der Waals surface area contributed by atoms with E-state index in [2.05, 4.69) is 10.6 Å². The Kier molecular flexibility index (Phi) is 6.18. The molecule has 0 radical (unpaired) electrons. The van der Waals surface area contributed by atoms with E-state index in [1.165, 1.54) is 6.92 Å². The fourth-order valence-electron chi connectivity index (χ4n) is 2.68.